The summed E-state index contributed by atoms with van der Waals surface area (Å²) in [6.45, 7) is 1.90. The topological polar surface area (TPSA) is 92.5 Å². The number of amides is 1. The van der Waals surface area contributed by atoms with E-state index in [0.717, 1.165) is 31.4 Å². The Morgan fingerprint density at radius 3 is 2.74 bits per heavy atom. The van der Waals surface area contributed by atoms with Gasteiger partial charge in [-0.15, -0.1) is 0 Å². The van der Waals surface area contributed by atoms with Gasteiger partial charge < -0.3 is 10.4 Å². The molecular formula is C13H16N2O4. The van der Waals surface area contributed by atoms with Crippen LogP contribution in [0.3, 0.4) is 0 Å². The molecule has 2 N–H and O–H groups in total. The van der Waals surface area contributed by atoms with Crippen molar-refractivity contribution in [1.29, 1.82) is 0 Å². The molecule has 1 amide bonds. The summed E-state index contributed by atoms with van der Waals surface area (Å²) in [7, 11) is 0. The number of nitro benzene ring substituents is 1. The molecule has 102 valence electrons. The van der Waals surface area contributed by atoms with E-state index in [4.69, 9.17) is 0 Å². The number of phenols is 1. The van der Waals surface area contributed by atoms with E-state index in [2.05, 4.69) is 5.32 Å². The first kappa shape index (κ1) is 13.3. The van der Waals surface area contributed by atoms with E-state index in [0.29, 0.717) is 5.92 Å². The summed E-state index contributed by atoms with van der Waals surface area (Å²) in [6, 6.07) is 3.45. The van der Waals surface area contributed by atoms with E-state index in [1.54, 1.807) is 0 Å². The Hall–Kier alpha value is -2.11. The molecule has 19 heavy (non-hydrogen) atoms. The molecule has 0 saturated heterocycles. The van der Waals surface area contributed by atoms with E-state index >= 15 is 0 Å². The van der Waals surface area contributed by atoms with Crippen molar-refractivity contribution in [2.24, 2.45) is 5.92 Å². The largest absolute Gasteiger partial charge is 0.508 e. The minimum atomic E-state index is -0.623. The predicted molar refractivity (Wildman–Crippen MR) is 69.0 cm³/mol. The number of carbonyl (C=O) groups excluding carboxylic acids is 1. The Balaban J connectivity index is 2.17. The predicted octanol–water partition coefficient (Wildman–Crippen LogP) is 2.22. The number of nitrogens with one attached hydrogen (secondary N) is 1. The molecule has 0 heterocycles. The third-order valence-electron chi connectivity index (χ3n) is 3.64. The molecule has 1 aliphatic rings. The summed E-state index contributed by atoms with van der Waals surface area (Å²) in [4.78, 5) is 22.3. The van der Waals surface area contributed by atoms with Gasteiger partial charge in [-0.05, 0) is 37.8 Å². The number of benzene rings is 1. The van der Waals surface area contributed by atoms with Gasteiger partial charge >= 0.3 is 0 Å². The third-order valence-corrected chi connectivity index (χ3v) is 3.64. The molecule has 1 saturated carbocycles. The molecule has 1 fully saturated rings. The van der Waals surface area contributed by atoms with Crippen LogP contribution in [0.2, 0.25) is 0 Å². The van der Waals surface area contributed by atoms with Crippen LogP contribution in [0, 0.1) is 16.0 Å². The molecule has 1 atom stereocenters. The molecule has 6 nitrogen and oxygen atoms in total. The van der Waals surface area contributed by atoms with E-state index in [1.165, 1.54) is 6.07 Å². The average molecular weight is 264 g/mol. The van der Waals surface area contributed by atoms with Crippen molar-refractivity contribution in [1.82, 2.24) is 5.32 Å². The standard InChI is InChI=1S/C13H16N2O4/c1-8(9-3-2-4-9)14-13(17)11-7-10(16)5-6-12(11)15(18)19/h5-9,16H,2-4H2,1H3,(H,14,17). The fourth-order valence-electron chi connectivity index (χ4n) is 2.21. The van der Waals surface area contributed by atoms with Gasteiger partial charge in [0.15, 0.2) is 0 Å². The van der Waals surface area contributed by atoms with Gasteiger partial charge in [-0.25, -0.2) is 0 Å². The number of aromatic hydroxyl groups is 1. The number of nitro groups is 1. The summed E-state index contributed by atoms with van der Waals surface area (Å²) < 4.78 is 0. The van der Waals surface area contributed by atoms with Crippen LogP contribution in [0.4, 0.5) is 5.69 Å². The fraction of sp³-hybridized carbons (Fsp3) is 0.462. The smallest absolute Gasteiger partial charge is 0.282 e. The Kier molecular flexibility index (Phi) is 3.69. The molecule has 1 aromatic carbocycles. The first-order valence-electron chi connectivity index (χ1n) is 6.27. The van der Waals surface area contributed by atoms with Gasteiger partial charge in [0, 0.05) is 12.1 Å². The lowest BCUT2D eigenvalue weighted by Crippen LogP contribution is -2.40. The second-order valence-electron chi connectivity index (χ2n) is 4.91. The Morgan fingerprint density at radius 1 is 1.53 bits per heavy atom. The summed E-state index contributed by atoms with van der Waals surface area (Å²) >= 11 is 0. The number of phenolic OH excluding ortho intramolecular Hbond substituents is 1. The van der Waals surface area contributed by atoms with Gasteiger partial charge in [-0.2, -0.15) is 0 Å². The lowest BCUT2D eigenvalue weighted by atomic mass is 9.80. The molecule has 1 unspecified atom stereocenters. The average Bonchev–Trinajstić information content (AvgIpc) is 2.25. The number of rotatable bonds is 4. The minimum absolute atomic E-state index is 0.0109. The second kappa shape index (κ2) is 5.26. The molecule has 0 aromatic heterocycles. The maximum atomic E-state index is 12.1. The van der Waals surface area contributed by atoms with Crippen LogP contribution in [-0.2, 0) is 0 Å². The van der Waals surface area contributed by atoms with Crippen LogP contribution in [0.5, 0.6) is 5.75 Å². The maximum Gasteiger partial charge on any atom is 0.282 e. The van der Waals surface area contributed by atoms with Crippen molar-refractivity contribution < 1.29 is 14.8 Å². The van der Waals surface area contributed by atoms with Gasteiger partial charge in [0.25, 0.3) is 11.6 Å². The number of hydrogen-bond acceptors (Lipinski definition) is 4. The highest BCUT2D eigenvalue weighted by Gasteiger charge is 2.27. The van der Waals surface area contributed by atoms with Crippen molar-refractivity contribution in [3.05, 3.63) is 33.9 Å². The summed E-state index contributed by atoms with van der Waals surface area (Å²) in [6.07, 6.45) is 3.31. The minimum Gasteiger partial charge on any atom is -0.508 e. The van der Waals surface area contributed by atoms with Crippen LogP contribution >= 0.6 is 0 Å². The zero-order valence-corrected chi connectivity index (χ0v) is 10.6. The van der Waals surface area contributed by atoms with E-state index < -0.39 is 10.8 Å². The van der Waals surface area contributed by atoms with Crippen molar-refractivity contribution in [3.63, 3.8) is 0 Å². The monoisotopic (exact) mass is 264 g/mol. The molecule has 0 spiro atoms. The van der Waals surface area contributed by atoms with E-state index in [-0.39, 0.29) is 23.0 Å². The zero-order chi connectivity index (χ0) is 14.0. The molecule has 1 aromatic rings. The quantitative estimate of drug-likeness (QED) is 0.644. The van der Waals surface area contributed by atoms with Crippen molar-refractivity contribution in [3.8, 4) is 5.75 Å². The van der Waals surface area contributed by atoms with E-state index in [1.807, 2.05) is 6.92 Å². The number of hydrogen-bond donors (Lipinski definition) is 2. The summed E-state index contributed by atoms with van der Waals surface area (Å²) in [5.74, 6) is -0.227. The molecule has 0 aliphatic heterocycles. The Morgan fingerprint density at radius 2 is 2.21 bits per heavy atom. The normalized spacial score (nSPS) is 16.5. The first-order chi connectivity index (χ1) is 8.99. The van der Waals surface area contributed by atoms with Crippen LogP contribution in [0.25, 0.3) is 0 Å². The number of nitrogens with zero attached hydrogens (tertiary/aromatic N) is 1. The van der Waals surface area contributed by atoms with Crippen molar-refractivity contribution in [2.75, 3.05) is 0 Å². The SMILES string of the molecule is CC(NC(=O)c1cc(O)ccc1[N+](=O)[O-])C1CCC1. The highest BCUT2D eigenvalue weighted by Crippen LogP contribution is 2.30. The summed E-state index contributed by atoms with van der Waals surface area (Å²) in [5.41, 5.74) is -0.396. The Bertz CT molecular complexity index is 511. The van der Waals surface area contributed by atoms with Crippen molar-refractivity contribution in [2.45, 2.75) is 32.2 Å². The van der Waals surface area contributed by atoms with Crippen LogP contribution in [0.1, 0.15) is 36.5 Å². The lowest BCUT2D eigenvalue weighted by molar-refractivity contribution is -0.385. The van der Waals surface area contributed by atoms with Gasteiger partial charge in [0.05, 0.1) is 4.92 Å². The first-order valence-corrected chi connectivity index (χ1v) is 6.27. The lowest BCUT2D eigenvalue weighted by Gasteiger charge is -2.31. The molecule has 0 radical (unpaired) electrons. The van der Waals surface area contributed by atoms with Gasteiger partial charge in [-0.3, -0.25) is 14.9 Å². The van der Waals surface area contributed by atoms with Gasteiger partial charge in [0.1, 0.15) is 11.3 Å². The van der Waals surface area contributed by atoms with Crippen LogP contribution in [0.15, 0.2) is 18.2 Å². The summed E-state index contributed by atoms with van der Waals surface area (Å²) in [5, 5.41) is 23.0. The molecule has 0 bridgehead atoms. The third kappa shape index (κ3) is 2.83. The molecule has 6 heteroatoms. The second-order valence-corrected chi connectivity index (χ2v) is 4.91. The zero-order valence-electron chi connectivity index (χ0n) is 10.6. The number of carbonyl (C=O) groups is 1. The fourth-order valence-corrected chi connectivity index (χ4v) is 2.21. The van der Waals surface area contributed by atoms with Gasteiger partial charge in [-0.1, -0.05) is 6.42 Å². The maximum absolute atomic E-state index is 12.1. The van der Waals surface area contributed by atoms with Gasteiger partial charge in [0.2, 0.25) is 0 Å². The Labute approximate surface area is 110 Å². The van der Waals surface area contributed by atoms with Crippen LogP contribution in [-0.4, -0.2) is 22.0 Å². The van der Waals surface area contributed by atoms with Crippen molar-refractivity contribution >= 4 is 11.6 Å². The molecular weight excluding hydrogens is 248 g/mol. The highest BCUT2D eigenvalue weighted by molar-refractivity contribution is 5.98. The van der Waals surface area contributed by atoms with Crippen LogP contribution < -0.4 is 5.32 Å². The molecule has 2 rings (SSSR count). The molecule has 1 aliphatic carbocycles. The van der Waals surface area contributed by atoms with E-state index in [9.17, 15) is 20.0 Å². The highest BCUT2D eigenvalue weighted by atomic mass is 16.6.